The Hall–Kier alpha value is -1.21. The van der Waals surface area contributed by atoms with E-state index in [0.29, 0.717) is 10.2 Å². The summed E-state index contributed by atoms with van der Waals surface area (Å²) in [6, 6.07) is 5.09. The molecular formula is C8H6BrNO2. The second-order valence-electron chi connectivity index (χ2n) is 2.09. The van der Waals surface area contributed by atoms with Crippen LogP contribution in [-0.4, -0.2) is 12.2 Å². The number of phenols is 1. The minimum Gasteiger partial charge on any atom is -0.503 e. The molecule has 0 bridgehead atoms. The van der Waals surface area contributed by atoms with Crippen molar-refractivity contribution in [3.05, 3.63) is 22.2 Å². The van der Waals surface area contributed by atoms with Crippen molar-refractivity contribution in [3.63, 3.8) is 0 Å². The molecule has 0 amide bonds. The summed E-state index contributed by atoms with van der Waals surface area (Å²) in [6.45, 7) is 0. The Kier molecular flexibility index (Phi) is 2.56. The topological polar surface area (TPSA) is 53.2 Å². The SMILES string of the molecule is COc1ccc(Br)c(C#N)c1O. The van der Waals surface area contributed by atoms with E-state index >= 15 is 0 Å². The van der Waals surface area contributed by atoms with E-state index in [9.17, 15) is 5.11 Å². The minimum absolute atomic E-state index is 0.130. The molecule has 0 aliphatic rings. The number of rotatable bonds is 1. The van der Waals surface area contributed by atoms with Gasteiger partial charge in [0, 0.05) is 4.47 Å². The van der Waals surface area contributed by atoms with E-state index < -0.39 is 0 Å². The van der Waals surface area contributed by atoms with Crippen molar-refractivity contribution in [1.82, 2.24) is 0 Å². The summed E-state index contributed by atoms with van der Waals surface area (Å²) >= 11 is 3.13. The van der Waals surface area contributed by atoms with E-state index in [4.69, 9.17) is 10.00 Å². The maximum atomic E-state index is 9.39. The largest absolute Gasteiger partial charge is 0.503 e. The highest BCUT2D eigenvalue weighted by Gasteiger charge is 2.10. The monoisotopic (exact) mass is 227 g/mol. The average Bonchev–Trinajstić information content (AvgIpc) is 2.06. The predicted octanol–water partition coefficient (Wildman–Crippen LogP) is 2.03. The molecule has 0 aliphatic carbocycles. The standard InChI is InChI=1S/C8H6BrNO2/c1-12-7-3-2-6(9)5(4-10)8(7)11/h2-3,11H,1H3. The summed E-state index contributed by atoms with van der Waals surface area (Å²) in [5.74, 6) is 0.170. The molecule has 0 fully saturated rings. The van der Waals surface area contributed by atoms with Crippen molar-refractivity contribution < 1.29 is 9.84 Å². The van der Waals surface area contributed by atoms with Crippen LogP contribution in [0.4, 0.5) is 0 Å². The lowest BCUT2D eigenvalue weighted by Gasteiger charge is -2.04. The van der Waals surface area contributed by atoms with Gasteiger partial charge in [0.25, 0.3) is 0 Å². The number of halogens is 1. The Bertz CT molecular complexity index is 344. The molecule has 4 heteroatoms. The zero-order chi connectivity index (χ0) is 9.14. The Balaban J connectivity index is 3.36. The number of hydrogen-bond donors (Lipinski definition) is 1. The molecular weight excluding hydrogens is 222 g/mol. The highest BCUT2D eigenvalue weighted by molar-refractivity contribution is 9.10. The second kappa shape index (κ2) is 3.46. The van der Waals surface area contributed by atoms with Crippen LogP contribution in [0.25, 0.3) is 0 Å². The van der Waals surface area contributed by atoms with Crippen LogP contribution in [0.2, 0.25) is 0 Å². The van der Waals surface area contributed by atoms with Gasteiger partial charge in [0.15, 0.2) is 11.5 Å². The summed E-state index contributed by atoms with van der Waals surface area (Å²) in [5, 5.41) is 18.0. The van der Waals surface area contributed by atoms with Gasteiger partial charge >= 0.3 is 0 Å². The van der Waals surface area contributed by atoms with Gasteiger partial charge in [-0.15, -0.1) is 0 Å². The number of ether oxygens (including phenoxy) is 1. The molecule has 0 spiro atoms. The smallest absolute Gasteiger partial charge is 0.177 e. The molecule has 0 aromatic heterocycles. The molecule has 3 nitrogen and oxygen atoms in total. The average molecular weight is 228 g/mol. The number of aromatic hydroxyl groups is 1. The van der Waals surface area contributed by atoms with Gasteiger partial charge in [0.1, 0.15) is 11.6 Å². The summed E-state index contributed by atoms with van der Waals surface area (Å²) in [6.07, 6.45) is 0. The van der Waals surface area contributed by atoms with Crippen molar-refractivity contribution in [2.45, 2.75) is 0 Å². The minimum atomic E-state index is -0.130. The molecule has 62 valence electrons. The van der Waals surface area contributed by atoms with Gasteiger partial charge in [-0.2, -0.15) is 5.26 Å². The second-order valence-corrected chi connectivity index (χ2v) is 2.94. The van der Waals surface area contributed by atoms with Crippen LogP contribution < -0.4 is 4.74 Å². The quantitative estimate of drug-likeness (QED) is 0.799. The third-order valence-corrected chi connectivity index (χ3v) is 2.08. The van der Waals surface area contributed by atoms with Gasteiger partial charge in [0.2, 0.25) is 0 Å². The first-order valence-corrected chi connectivity index (χ1v) is 3.95. The third kappa shape index (κ3) is 1.36. The highest BCUT2D eigenvalue weighted by Crippen LogP contribution is 2.33. The lowest BCUT2D eigenvalue weighted by Crippen LogP contribution is -1.86. The highest BCUT2D eigenvalue weighted by atomic mass is 79.9. The van der Waals surface area contributed by atoms with Gasteiger partial charge in [-0.25, -0.2) is 0 Å². The first kappa shape index (κ1) is 8.88. The van der Waals surface area contributed by atoms with E-state index in [1.54, 1.807) is 12.1 Å². The number of nitriles is 1. The zero-order valence-electron chi connectivity index (χ0n) is 6.34. The lowest BCUT2D eigenvalue weighted by atomic mass is 10.2. The van der Waals surface area contributed by atoms with E-state index in [1.807, 2.05) is 6.07 Å². The molecule has 0 radical (unpaired) electrons. The fraction of sp³-hybridized carbons (Fsp3) is 0.125. The van der Waals surface area contributed by atoms with E-state index in [2.05, 4.69) is 15.9 Å². The summed E-state index contributed by atoms with van der Waals surface area (Å²) < 4.78 is 5.38. The van der Waals surface area contributed by atoms with Crippen LogP contribution in [0.5, 0.6) is 11.5 Å². The fourth-order valence-corrected chi connectivity index (χ4v) is 1.23. The number of benzene rings is 1. The third-order valence-electron chi connectivity index (χ3n) is 1.42. The van der Waals surface area contributed by atoms with Crippen molar-refractivity contribution in [1.29, 1.82) is 5.26 Å². The molecule has 0 aliphatic heterocycles. The molecule has 0 heterocycles. The van der Waals surface area contributed by atoms with Crippen LogP contribution in [0.15, 0.2) is 16.6 Å². The molecule has 0 saturated carbocycles. The fourth-order valence-electron chi connectivity index (χ4n) is 0.819. The van der Waals surface area contributed by atoms with Crippen LogP contribution in [0.1, 0.15) is 5.56 Å². The predicted molar refractivity (Wildman–Crippen MR) is 47.1 cm³/mol. The molecule has 1 N–H and O–H groups in total. The molecule has 0 atom stereocenters. The molecule has 12 heavy (non-hydrogen) atoms. The molecule has 1 aromatic rings. The molecule has 0 saturated heterocycles. The molecule has 0 unspecified atom stereocenters. The van der Waals surface area contributed by atoms with E-state index in [-0.39, 0.29) is 11.3 Å². The number of nitrogens with zero attached hydrogens (tertiary/aromatic N) is 1. The summed E-state index contributed by atoms with van der Waals surface area (Å²) in [7, 11) is 1.43. The normalized spacial score (nSPS) is 9.08. The van der Waals surface area contributed by atoms with Crippen molar-refractivity contribution in [3.8, 4) is 17.6 Å². The maximum Gasteiger partial charge on any atom is 0.177 e. The van der Waals surface area contributed by atoms with Gasteiger partial charge in [-0.3, -0.25) is 0 Å². The lowest BCUT2D eigenvalue weighted by molar-refractivity contribution is 0.372. The molecule has 1 rings (SSSR count). The van der Waals surface area contributed by atoms with E-state index in [0.717, 1.165) is 0 Å². The Morgan fingerprint density at radius 3 is 2.75 bits per heavy atom. The Morgan fingerprint density at radius 2 is 2.25 bits per heavy atom. The van der Waals surface area contributed by atoms with Gasteiger partial charge in [-0.1, -0.05) is 0 Å². The number of phenolic OH excluding ortho intramolecular Hbond substituents is 1. The van der Waals surface area contributed by atoms with Crippen LogP contribution in [0.3, 0.4) is 0 Å². The van der Waals surface area contributed by atoms with Crippen molar-refractivity contribution >= 4 is 15.9 Å². The van der Waals surface area contributed by atoms with Gasteiger partial charge in [-0.05, 0) is 28.1 Å². The summed E-state index contributed by atoms with van der Waals surface area (Å²) in [5.41, 5.74) is 0.189. The first-order valence-electron chi connectivity index (χ1n) is 3.16. The maximum absolute atomic E-state index is 9.39. The molecule has 1 aromatic carbocycles. The van der Waals surface area contributed by atoms with Crippen molar-refractivity contribution in [2.75, 3.05) is 7.11 Å². The van der Waals surface area contributed by atoms with Gasteiger partial charge < -0.3 is 9.84 Å². The first-order chi connectivity index (χ1) is 5.70. The Labute approximate surface area is 78.3 Å². The zero-order valence-corrected chi connectivity index (χ0v) is 7.92. The summed E-state index contributed by atoms with van der Waals surface area (Å²) in [4.78, 5) is 0. The van der Waals surface area contributed by atoms with Crippen LogP contribution in [-0.2, 0) is 0 Å². The van der Waals surface area contributed by atoms with Crippen LogP contribution in [0, 0.1) is 11.3 Å². The Morgan fingerprint density at radius 1 is 1.58 bits per heavy atom. The van der Waals surface area contributed by atoms with Crippen LogP contribution >= 0.6 is 15.9 Å². The van der Waals surface area contributed by atoms with Gasteiger partial charge in [0.05, 0.1) is 7.11 Å². The number of hydrogen-bond acceptors (Lipinski definition) is 3. The van der Waals surface area contributed by atoms with E-state index in [1.165, 1.54) is 7.11 Å². The number of methoxy groups -OCH3 is 1. The van der Waals surface area contributed by atoms with Crippen molar-refractivity contribution in [2.24, 2.45) is 0 Å².